The highest BCUT2D eigenvalue weighted by Gasteiger charge is 2.62. The Kier molecular flexibility index (Phi) is 4.32. The standard InChI is InChI=1S/C17H27NO4/c1-11-6-5-9-17(2)15(22-17)14-12(8-7-11)13(16(19)21-14)10-18(3)20-4/h6,12-15H,5,7-10H2,1-4H3/t12-,13-,14-,15-,17+/m0/s1. The van der Waals surface area contributed by atoms with Gasteiger partial charge in [0.1, 0.15) is 12.2 Å². The molecule has 22 heavy (non-hydrogen) atoms. The first-order valence-electron chi connectivity index (χ1n) is 8.24. The molecule has 0 bridgehead atoms. The highest BCUT2D eigenvalue weighted by molar-refractivity contribution is 5.75. The van der Waals surface area contributed by atoms with Crippen LogP contribution in [-0.4, -0.2) is 49.5 Å². The maximum absolute atomic E-state index is 12.4. The molecule has 1 aliphatic carbocycles. The lowest BCUT2D eigenvalue weighted by atomic mass is 9.80. The van der Waals surface area contributed by atoms with Crippen LogP contribution in [0.2, 0.25) is 0 Å². The van der Waals surface area contributed by atoms with Crippen molar-refractivity contribution in [3.63, 3.8) is 0 Å². The van der Waals surface area contributed by atoms with Crippen LogP contribution in [0.4, 0.5) is 0 Å². The van der Waals surface area contributed by atoms with Crippen molar-refractivity contribution in [1.82, 2.24) is 5.06 Å². The molecule has 0 aromatic heterocycles. The third kappa shape index (κ3) is 2.94. The molecular formula is C17H27NO4. The van der Waals surface area contributed by atoms with Crippen LogP contribution in [0.3, 0.4) is 0 Å². The first-order valence-corrected chi connectivity index (χ1v) is 8.24. The van der Waals surface area contributed by atoms with Crippen LogP contribution in [0.5, 0.6) is 0 Å². The highest BCUT2D eigenvalue weighted by atomic mass is 16.7. The van der Waals surface area contributed by atoms with E-state index in [1.165, 1.54) is 5.57 Å². The van der Waals surface area contributed by atoms with E-state index in [0.717, 1.165) is 25.7 Å². The molecule has 3 aliphatic rings. The van der Waals surface area contributed by atoms with E-state index in [4.69, 9.17) is 14.3 Å². The van der Waals surface area contributed by atoms with Gasteiger partial charge in [-0.05, 0) is 39.5 Å². The fraction of sp³-hybridized carbons (Fsp3) is 0.824. The summed E-state index contributed by atoms with van der Waals surface area (Å²) in [4.78, 5) is 17.6. The minimum absolute atomic E-state index is 0.0612. The fourth-order valence-corrected chi connectivity index (χ4v) is 3.90. The molecule has 124 valence electrons. The van der Waals surface area contributed by atoms with Crippen molar-refractivity contribution < 1.29 is 19.1 Å². The van der Waals surface area contributed by atoms with Gasteiger partial charge in [0, 0.05) is 19.5 Å². The van der Waals surface area contributed by atoms with Crippen molar-refractivity contribution in [3.8, 4) is 0 Å². The molecule has 0 aromatic carbocycles. The predicted molar refractivity (Wildman–Crippen MR) is 82.0 cm³/mol. The highest BCUT2D eigenvalue weighted by Crippen LogP contribution is 2.50. The van der Waals surface area contributed by atoms with E-state index in [0.29, 0.717) is 6.54 Å². The largest absolute Gasteiger partial charge is 0.459 e. The van der Waals surface area contributed by atoms with E-state index < -0.39 is 0 Å². The summed E-state index contributed by atoms with van der Waals surface area (Å²) in [5.74, 6) is -0.0216. The molecule has 0 amide bonds. The average Bonchev–Trinajstić information content (AvgIpc) is 3.05. The summed E-state index contributed by atoms with van der Waals surface area (Å²) < 4.78 is 11.7. The number of nitrogens with zero attached hydrogens (tertiary/aromatic N) is 1. The Morgan fingerprint density at radius 1 is 1.50 bits per heavy atom. The molecule has 3 rings (SSSR count). The smallest absolute Gasteiger partial charge is 0.311 e. The topological polar surface area (TPSA) is 51.3 Å². The van der Waals surface area contributed by atoms with Crippen LogP contribution in [0.15, 0.2) is 11.6 Å². The Hall–Kier alpha value is -0.910. The van der Waals surface area contributed by atoms with Crippen molar-refractivity contribution in [2.75, 3.05) is 20.7 Å². The molecule has 2 heterocycles. The van der Waals surface area contributed by atoms with Gasteiger partial charge < -0.3 is 14.3 Å². The molecule has 5 heteroatoms. The fourth-order valence-electron chi connectivity index (χ4n) is 3.90. The predicted octanol–water partition coefficient (Wildman–Crippen LogP) is 2.32. The molecule has 0 spiro atoms. The number of hydrogen-bond acceptors (Lipinski definition) is 5. The molecule has 2 saturated heterocycles. The summed E-state index contributed by atoms with van der Waals surface area (Å²) in [6, 6.07) is 0. The molecule has 0 unspecified atom stereocenters. The number of fused-ring (bicyclic) bond motifs is 3. The zero-order valence-electron chi connectivity index (χ0n) is 14.0. The summed E-state index contributed by atoms with van der Waals surface area (Å²) in [5.41, 5.74) is 1.28. The zero-order chi connectivity index (χ0) is 15.9. The van der Waals surface area contributed by atoms with Crippen LogP contribution in [0.1, 0.15) is 39.5 Å². The first kappa shape index (κ1) is 16.0. The van der Waals surface area contributed by atoms with E-state index in [-0.39, 0.29) is 35.6 Å². The number of carbonyl (C=O) groups is 1. The number of esters is 1. The molecule has 2 aliphatic heterocycles. The van der Waals surface area contributed by atoms with Gasteiger partial charge in [-0.2, -0.15) is 5.06 Å². The molecule has 5 atom stereocenters. The average molecular weight is 309 g/mol. The van der Waals surface area contributed by atoms with Gasteiger partial charge in [-0.25, -0.2) is 0 Å². The van der Waals surface area contributed by atoms with Crippen molar-refractivity contribution in [2.24, 2.45) is 11.8 Å². The van der Waals surface area contributed by atoms with Gasteiger partial charge in [-0.3, -0.25) is 4.79 Å². The molecule has 0 aromatic rings. The Morgan fingerprint density at radius 2 is 2.27 bits per heavy atom. The van der Waals surface area contributed by atoms with E-state index >= 15 is 0 Å². The second kappa shape index (κ2) is 5.95. The molecule has 0 radical (unpaired) electrons. The minimum atomic E-state index is -0.129. The molecule has 2 fully saturated rings. The molecule has 0 N–H and O–H groups in total. The van der Waals surface area contributed by atoms with Crippen LogP contribution < -0.4 is 0 Å². The van der Waals surface area contributed by atoms with Gasteiger partial charge in [0.15, 0.2) is 0 Å². The van der Waals surface area contributed by atoms with E-state index in [1.807, 2.05) is 7.05 Å². The van der Waals surface area contributed by atoms with Crippen molar-refractivity contribution in [1.29, 1.82) is 0 Å². The summed E-state index contributed by atoms with van der Waals surface area (Å²) in [5, 5.41) is 1.71. The van der Waals surface area contributed by atoms with Crippen LogP contribution >= 0.6 is 0 Å². The third-order valence-electron chi connectivity index (χ3n) is 5.50. The number of hydroxylamine groups is 2. The number of hydrogen-bond donors (Lipinski definition) is 0. The maximum Gasteiger partial charge on any atom is 0.311 e. The van der Waals surface area contributed by atoms with E-state index in [1.54, 1.807) is 12.2 Å². The lowest BCUT2D eigenvalue weighted by molar-refractivity contribution is -0.151. The van der Waals surface area contributed by atoms with E-state index in [9.17, 15) is 4.79 Å². The minimum Gasteiger partial charge on any atom is -0.459 e. The van der Waals surface area contributed by atoms with Gasteiger partial charge in [-0.15, -0.1) is 0 Å². The lowest BCUT2D eigenvalue weighted by Crippen LogP contribution is -2.34. The SMILES string of the molecule is CON(C)C[C@@H]1C(=O)O[C@H]2[C@H]1CCC(C)=CCC[C@@]1(C)O[C@@H]21. The Bertz CT molecular complexity index is 477. The van der Waals surface area contributed by atoms with Crippen molar-refractivity contribution >= 4 is 5.97 Å². The van der Waals surface area contributed by atoms with Gasteiger partial charge in [0.05, 0.1) is 18.6 Å². The Morgan fingerprint density at radius 3 is 3.00 bits per heavy atom. The molecule has 5 nitrogen and oxygen atoms in total. The number of ether oxygens (including phenoxy) is 2. The second-order valence-corrected chi connectivity index (χ2v) is 7.14. The Balaban J connectivity index is 1.81. The Labute approximate surface area is 132 Å². The number of allylic oxidation sites excluding steroid dienone is 2. The zero-order valence-corrected chi connectivity index (χ0v) is 14.0. The summed E-state index contributed by atoms with van der Waals surface area (Å²) in [6.07, 6.45) is 6.31. The van der Waals surface area contributed by atoms with Crippen LogP contribution in [-0.2, 0) is 19.1 Å². The number of carbonyl (C=O) groups excluding carboxylic acids is 1. The second-order valence-electron chi connectivity index (χ2n) is 7.14. The van der Waals surface area contributed by atoms with Gasteiger partial charge >= 0.3 is 5.97 Å². The molecule has 0 saturated carbocycles. The van der Waals surface area contributed by atoms with Gasteiger partial charge in [0.25, 0.3) is 0 Å². The first-order chi connectivity index (χ1) is 10.4. The molecular weight excluding hydrogens is 282 g/mol. The monoisotopic (exact) mass is 309 g/mol. The van der Waals surface area contributed by atoms with Crippen molar-refractivity contribution in [2.45, 2.75) is 57.3 Å². The summed E-state index contributed by atoms with van der Waals surface area (Å²) in [6.45, 7) is 4.89. The maximum atomic E-state index is 12.4. The van der Waals surface area contributed by atoms with Crippen molar-refractivity contribution in [3.05, 3.63) is 11.6 Å². The summed E-state index contributed by atoms with van der Waals surface area (Å²) >= 11 is 0. The summed E-state index contributed by atoms with van der Waals surface area (Å²) in [7, 11) is 3.47. The number of rotatable bonds is 3. The normalized spacial score (nSPS) is 41.5. The van der Waals surface area contributed by atoms with Crippen LogP contribution in [0.25, 0.3) is 0 Å². The number of epoxide rings is 1. The third-order valence-corrected chi connectivity index (χ3v) is 5.50. The van der Waals surface area contributed by atoms with Gasteiger partial charge in [-0.1, -0.05) is 11.6 Å². The lowest BCUT2D eigenvalue weighted by Gasteiger charge is -2.24. The van der Waals surface area contributed by atoms with Crippen LogP contribution in [0, 0.1) is 11.8 Å². The van der Waals surface area contributed by atoms with Gasteiger partial charge in [0.2, 0.25) is 0 Å². The quantitative estimate of drug-likeness (QED) is 0.346. The van der Waals surface area contributed by atoms with E-state index in [2.05, 4.69) is 19.9 Å².